The molecule has 30 heavy (non-hydrogen) atoms. The van der Waals surface area contributed by atoms with E-state index in [4.69, 9.17) is 32.8 Å². The minimum atomic E-state index is -1.35. The summed E-state index contributed by atoms with van der Waals surface area (Å²) in [6.07, 6.45) is -2.98. The fourth-order valence-corrected chi connectivity index (χ4v) is 3.72. The summed E-state index contributed by atoms with van der Waals surface area (Å²) in [5, 5.41) is 33.1. The number of benzene rings is 1. The lowest BCUT2D eigenvalue weighted by molar-refractivity contribution is -0.0848. The highest BCUT2D eigenvalue weighted by molar-refractivity contribution is 6.42. The van der Waals surface area contributed by atoms with Gasteiger partial charge in [0, 0.05) is 6.20 Å². The van der Waals surface area contributed by atoms with Gasteiger partial charge in [-0.25, -0.2) is 15.4 Å². The molecule has 1 aliphatic rings. The number of nitrogens with one attached hydrogen (secondary N) is 1. The topological polar surface area (TPSA) is 122 Å². The lowest BCUT2D eigenvalue weighted by Crippen LogP contribution is -2.34. The number of hydrogen-bond donors (Lipinski definition) is 4. The average molecular weight is 478 g/mol. The van der Waals surface area contributed by atoms with Crippen molar-refractivity contribution in [2.75, 3.05) is 12.6 Å². The molecule has 0 amide bonds. The zero-order valence-corrected chi connectivity index (χ0v) is 17.8. The van der Waals surface area contributed by atoms with Crippen molar-refractivity contribution >= 4 is 52.5 Å². The van der Waals surface area contributed by atoms with Crippen LogP contribution in [-0.4, -0.2) is 55.3 Å². The fourth-order valence-electron chi connectivity index (χ4n) is 3.42. The van der Waals surface area contributed by atoms with Gasteiger partial charge in [0.05, 0.1) is 22.5 Å². The molecule has 2 aromatic heterocycles. The number of nitrogens with zero attached hydrogens (tertiary/aromatic N) is 3. The molecule has 9 nitrogen and oxygen atoms in total. The quantitative estimate of drug-likeness (QED) is 0.414. The van der Waals surface area contributed by atoms with Crippen LogP contribution in [0.1, 0.15) is 17.9 Å². The Morgan fingerprint density at radius 2 is 1.93 bits per heavy atom. The molecule has 4 rings (SSSR count). The second kappa shape index (κ2) is 9.21. The van der Waals surface area contributed by atoms with Crippen LogP contribution < -0.4 is 5.48 Å². The van der Waals surface area contributed by atoms with Crippen LogP contribution in [0.3, 0.4) is 0 Å². The van der Waals surface area contributed by atoms with Gasteiger partial charge in [-0.1, -0.05) is 29.3 Å². The predicted molar refractivity (Wildman–Crippen MR) is 113 cm³/mol. The first-order valence-electron chi connectivity index (χ1n) is 8.67. The molecule has 0 unspecified atom stereocenters. The summed E-state index contributed by atoms with van der Waals surface area (Å²) >= 11 is 11.9. The third-order valence-corrected chi connectivity index (χ3v) is 5.59. The Hall–Kier alpha value is -1.69. The molecule has 1 fully saturated rings. The Kier molecular flexibility index (Phi) is 7.05. The Labute approximate surface area is 187 Å². The highest BCUT2D eigenvalue weighted by atomic mass is 35.5. The lowest BCUT2D eigenvalue weighted by Gasteiger charge is -2.21. The number of anilines is 1. The molecule has 0 aliphatic carbocycles. The Morgan fingerprint density at radius 1 is 1.17 bits per heavy atom. The summed E-state index contributed by atoms with van der Waals surface area (Å²) in [7, 11) is 1.46. The minimum Gasteiger partial charge on any atom is -0.387 e. The Bertz CT molecular complexity index is 1040. The van der Waals surface area contributed by atoms with Crippen LogP contribution in [0.2, 0.25) is 10.0 Å². The van der Waals surface area contributed by atoms with Crippen molar-refractivity contribution in [1.82, 2.24) is 14.5 Å². The molecule has 1 saturated heterocycles. The zero-order valence-electron chi connectivity index (χ0n) is 15.5. The van der Waals surface area contributed by atoms with Gasteiger partial charge in [0.1, 0.15) is 36.4 Å². The Balaban J connectivity index is 0.00000256. The van der Waals surface area contributed by atoms with Crippen molar-refractivity contribution in [3.8, 4) is 0 Å². The number of hydrogen-bond acceptors (Lipinski definition) is 8. The number of fused-ring (bicyclic) bond motifs is 1. The maximum absolute atomic E-state index is 10.7. The van der Waals surface area contributed by atoms with Crippen molar-refractivity contribution in [3.05, 3.63) is 52.4 Å². The van der Waals surface area contributed by atoms with E-state index in [0.717, 1.165) is 0 Å². The van der Waals surface area contributed by atoms with Gasteiger partial charge in [-0.15, -0.1) is 12.4 Å². The number of aromatic nitrogens is 3. The van der Waals surface area contributed by atoms with Gasteiger partial charge in [-0.2, -0.15) is 0 Å². The molecule has 12 heteroatoms. The summed E-state index contributed by atoms with van der Waals surface area (Å²) in [6, 6.07) is 6.33. The second-order valence-corrected chi connectivity index (χ2v) is 7.39. The van der Waals surface area contributed by atoms with Crippen LogP contribution in [0.5, 0.6) is 0 Å². The SMILES string of the molecule is CONc1ncnc2c1ccn2[C@@H]1O[C@H]([C@H](O)c2ccc(Cl)c(Cl)c2)[C@@H](O)[C@H]1O.Cl. The highest BCUT2D eigenvalue weighted by Gasteiger charge is 2.47. The molecule has 0 saturated carbocycles. The predicted octanol–water partition coefficient (Wildman–Crippen LogP) is 2.49. The van der Waals surface area contributed by atoms with Crippen molar-refractivity contribution in [3.63, 3.8) is 0 Å². The summed E-state index contributed by atoms with van der Waals surface area (Å²) in [4.78, 5) is 13.2. The van der Waals surface area contributed by atoms with Crippen LogP contribution in [0.25, 0.3) is 11.0 Å². The van der Waals surface area contributed by atoms with Crippen LogP contribution >= 0.6 is 35.6 Å². The monoisotopic (exact) mass is 476 g/mol. The number of halogens is 3. The minimum absolute atomic E-state index is 0. The molecule has 1 aromatic carbocycles. The van der Waals surface area contributed by atoms with Crippen LogP contribution in [0.15, 0.2) is 36.8 Å². The van der Waals surface area contributed by atoms with Gasteiger partial charge >= 0.3 is 0 Å². The molecular weight excluding hydrogens is 459 g/mol. The normalized spacial score (nSPS) is 24.6. The van der Waals surface area contributed by atoms with Crippen molar-refractivity contribution in [2.45, 2.75) is 30.6 Å². The van der Waals surface area contributed by atoms with Crippen LogP contribution in [0.4, 0.5) is 5.82 Å². The number of aliphatic hydroxyl groups excluding tert-OH is 3. The van der Waals surface area contributed by atoms with E-state index in [1.165, 1.54) is 19.5 Å². The number of aliphatic hydroxyl groups is 3. The van der Waals surface area contributed by atoms with Gasteiger partial charge < -0.3 is 24.6 Å². The summed E-state index contributed by atoms with van der Waals surface area (Å²) < 4.78 is 7.41. The zero-order chi connectivity index (χ0) is 20.7. The van der Waals surface area contributed by atoms with E-state index >= 15 is 0 Å². The van der Waals surface area contributed by atoms with E-state index in [1.807, 2.05) is 0 Å². The lowest BCUT2D eigenvalue weighted by atomic mass is 9.99. The molecular formula is C18H19Cl3N4O5. The molecule has 0 radical (unpaired) electrons. The smallest absolute Gasteiger partial charge is 0.164 e. The number of ether oxygens (including phenoxy) is 1. The van der Waals surface area contributed by atoms with E-state index in [9.17, 15) is 15.3 Å². The average Bonchev–Trinajstić information content (AvgIpc) is 3.26. The van der Waals surface area contributed by atoms with Crippen molar-refractivity contribution < 1.29 is 24.9 Å². The van der Waals surface area contributed by atoms with E-state index < -0.39 is 30.6 Å². The third kappa shape index (κ3) is 3.95. The number of rotatable bonds is 5. The molecule has 3 aromatic rings. The van der Waals surface area contributed by atoms with E-state index in [2.05, 4.69) is 15.4 Å². The van der Waals surface area contributed by atoms with Crippen molar-refractivity contribution in [2.24, 2.45) is 0 Å². The summed E-state index contributed by atoms with van der Waals surface area (Å²) in [5.74, 6) is 0.441. The first kappa shape index (κ1) is 23.0. The molecule has 162 valence electrons. The van der Waals surface area contributed by atoms with E-state index in [1.54, 1.807) is 29.0 Å². The first-order valence-corrected chi connectivity index (χ1v) is 9.43. The van der Waals surface area contributed by atoms with E-state index in [0.29, 0.717) is 27.4 Å². The molecule has 3 heterocycles. The van der Waals surface area contributed by atoms with Gasteiger partial charge in [-0.05, 0) is 23.8 Å². The van der Waals surface area contributed by atoms with Gasteiger partial charge in [0.25, 0.3) is 0 Å². The molecule has 5 atom stereocenters. The molecule has 1 aliphatic heterocycles. The maximum Gasteiger partial charge on any atom is 0.164 e. The van der Waals surface area contributed by atoms with Crippen LogP contribution in [-0.2, 0) is 9.57 Å². The van der Waals surface area contributed by atoms with Crippen molar-refractivity contribution in [1.29, 1.82) is 0 Å². The highest BCUT2D eigenvalue weighted by Crippen LogP contribution is 2.38. The largest absolute Gasteiger partial charge is 0.387 e. The van der Waals surface area contributed by atoms with E-state index in [-0.39, 0.29) is 17.4 Å². The maximum atomic E-state index is 10.7. The fraction of sp³-hybridized carbons (Fsp3) is 0.333. The standard InChI is InChI=1S/C18H18Cl2N4O5.ClH/c1-28-23-16-9-4-5-24(17(9)22-7-21-16)18-14(27)13(26)15(29-18)12(25)8-2-3-10(19)11(20)6-8;/h2-7,12-15,18,25-27H,1H3,(H,21,22,23);1H/t12-,13+,14-,15-,18-;/m1./s1. The van der Waals surface area contributed by atoms with Crippen LogP contribution in [0, 0.1) is 0 Å². The molecule has 0 bridgehead atoms. The van der Waals surface area contributed by atoms with Gasteiger partial charge in [0.15, 0.2) is 12.0 Å². The first-order chi connectivity index (χ1) is 13.9. The molecule has 0 spiro atoms. The second-order valence-electron chi connectivity index (χ2n) is 6.58. The van der Waals surface area contributed by atoms with Gasteiger partial charge in [-0.3, -0.25) is 4.84 Å². The summed E-state index contributed by atoms with van der Waals surface area (Å²) in [6.45, 7) is 0. The third-order valence-electron chi connectivity index (χ3n) is 4.85. The molecule has 4 N–H and O–H groups in total. The Morgan fingerprint density at radius 3 is 2.63 bits per heavy atom. The van der Waals surface area contributed by atoms with Gasteiger partial charge in [0.2, 0.25) is 0 Å². The summed E-state index contributed by atoms with van der Waals surface area (Å²) in [5.41, 5.74) is 3.52.